The average molecular weight is 421 g/mol. The predicted molar refractivity (Wildman–Crippen MR) is 114 cm³/mol. The normalized spacial score (nSPS) is 10.2. The number of benzene rings is 2. The number of hydrazine groups is 1. The first kappa shape index (κ1) is 21.6. The number of nitrogens with one attached hydrogen (secondary N) is 3. The second kappa shape index (κ2) is 10.6. The minimum Gasteiger partial charge on any atom is -0.494 e. The summed E-state index contributed by atoms with van der Waals surface area (Å²) in [5, 5.41) is 2.75. The lowest BCUT2D eigenvalue weighted by Gasteiger charge is -2.10. The number of imidazole rings is 1. The van der Waals surface area contributed by atoms with Crippen LogP contribution < -0.4 is 20.9 Å². The van der Waals surface area contributed by atoms with E-state index in [4.69, 9.17) is 4.74 Å². The van der Waals surface area contributed by atoms with Gasteiger partial charge in [0.2, 0.25) is 5.91 Å². The van der Waals surface area contributed by atoms with Crippen molar-refractivity contribution in [3.8, 4) is 5.75 Å². The number of aryl methyl sites for hydroxylation is 1. The third-order valence-corrected chi connectivity index (χ3v) is 4.28. The maximum absolute atomic E-state index is 12.4. The third kappa shape index (κ3) is 6.43. The van der Waals surface area contributed by atoms with Gasteiger partial charge in [-0.1, -0.05) is 6.07 Å². The van der Waals surface area contributed by atoms with Crippen LogP contribution in [0.15, 0.2) is 67.3 Å². The average Bonchev–Trinajstić information content (AvgIpc) is 3.30. The molecule has 0 aliphatic carbocycles. The van der Waals surface area contributed by atoms with Gasteiger partial charge in [-0.15, -0.1) is 0 Å². The van der Waals surface area contributed by atoms with Gasteiger partial charge in [-0.05, 0) is 49.4 Å². The molecule has 1 heterocycles. The molecule has 0 unspecified atom stereocenters. The van der Waals surface area contributed by atoms with Gasteiger partial charge in [-0.2, -0.15) is 0 Å². The monoisotopic (exact) mass is 421 g/mol. The van der Waals surface area contributed by atoms with Crippen molar-refractivity contribution in [1.29, 1.82) is 0 Å². The van der Waals surface area contributed by atoms with Crippen molar-refractivity contribution in [2.24, 2.45) is 0 Å². The van der Waals surface area contributed by atoms with Crippen molar-refractivity contribution in [2.45, 2.75) is 19.9 Å². The molecule has 160 valence electrons. The molecule has 3 aromatic rings. The van der Waals surface area contributed by atoms with E-state index in [0.29, 0.717) is 35.7 Å². The quantitative estimate of drug-likeness (QED) is 0.483. The number of nitrogens with zero attached hydrogens (tertiary/aromatic N) is 2. The number of rotatable bonds is 8. The Bertz CT molecular complexity index is 1030. The van der Waals surface area contributed by atoms with E-state index in [9.17, 15) is 14.4 Å². The Labute approximate surface area is 179 Å². The summed E-state index contributed by atoms with van der Waals surface area (Å²) in [7, 11) is 0. The number of carbonyl (C=O) groups excluding carboxylic acids is 3. The van der Waals surface area contributed by atoms with Gasteiger partial charge in [-0.3, -0.25) is 25.2 Å². The van der Waals surface area contributed by atoms with Gasteiger partial charge in [0, 0.05) is 42.2 Å². The van der Waals surface area contributed by atoms with E-state index >= 15 is 0 Å². The van der Waals surface area contributed by atoms with Gasteiger partial charge in [0.15, 0.2) is 0 Å². The molecule has 0 saturated heterocycles. The zero-order chi connectivity index (χ0) is 22.1. The highest BCUT2D eigenvalue weighted by Crippen LogP contribution is 2.13. The Balaban J connectivity index is 1.50. The number of aromatic nitrogens is 2. The van der Waals surface area contributed by atoms with Crippen molar-refractivity contribution >= 4 is 23.4 Å². The molecule has 3 N–H and O–H groups in total. The van der Waals surface area contributed by atoms with Crippen molar-refractivity contribution in [3.63, 3.8) is 0 Å². The lowest BCUT2D eigenvalue weighted by atomic mass is 10.2. The van der Waals surface area contributed by atoms with Crippen LogP contribution in [0, 0.1) is 0 Å². The second-order valence-electron chi connectivity index (χ2n) is 6.55. The fourth-order valence-corrected chi connectivity index (χ4v) is 2.74. The molecule has 2 aromatic carbocycles. The maximum atomic E-state index is 12.4. The van der Waals surface area contributed by atoms with Crippen molar-refractivity contribution in [1.82, 2.24) is 20.4 Å². The molecular formula is C22H23N5O4. The second-order valence-corrected chi connectivity index (χ2v) is 6.55. The zero-order valence-electron chi connectivity index (χ0n) is 17.0. The summed E-state index contributed by atoms with van der Waals surface area (Å²) in [4.78, 5) is 40.6. The SMILES string of the molecule is CCOc1ccc(C(=O)NNC(=O)c2cccc(NC(=O)CCn3ccnc3)c2)cc1. The van der Waals surface area contributed by atoms with E-state index in [1.54, 1.807) is 65.8 Å². The van der Waals surface area contributed by atoms with Crippen molar-refractivity contribution < 1.29 is 19.1 Å². The van der Waals surface area contributed by atoms with E-state index in [1.165, 1.54) is 6.07 Å². The molecule has 0 fully saturated rings. The summed E-state index contributed by atoms with van der Waals surface area (Å²) in [6.45, 7) is 2.91. The number of hydrogen-bond donors (Lipinski definition) is 3. The fraction of sp³-hybridized carbons (Fsp3) is 0.182. The Kier molecular flexibility index (Phi) is 7.36. The molecule has 9 heteroatoms. The first-order valence-corrected chi connectivity index (χ1v) is 9.74. The van der Waals surface area contributed by atoms with Crippen LogP contribution in [-0.4, -0.2) is 33.9 Å². The minimum atomic E-state index is -0.506. The third-order valence-electron chi connectivity index (χ3n) is 4.28. The largest absolute Gasteiger partial charge is 0.494 e. The number of hydrogen-bond acceptors (Lipinski definition) is 5. The molecule has 0 radical (unpaired) electrons. The van der Waals surface area contributed by atoms with Gasteiger partial charge in [-0.25, -0.2) is 4.98 Å². The maximum Gasteiger partial charge on any atom is 0.269 e. The van der Waals surface area contributed by atoms with Gasteiger partial charge >= 0.3 is 0 Å². The molecule has 31 heavy (non-hydrogen) atoms. The summed E-state index contributed by atoms with van der Waals surface area (Å²) in [6, 6.07) is 13.0. The predicted octanol–water partition coefficient (Wildman–Crippen LogP) is 2.39. The van der Waals surface area contributed by atoms with Crippen LogP contribution in [0.2, 0.25) is 0 Å². The molecule has 1 aromatic heterocycles. The number of ether oxygens (including phenoxy) is 1. The Morgan fingerprint density at radius 3 is 2.42 bits per heavy atom. The summed E-state index contributed by atoms with van der Waals surface area (Å²) in [5.41, 5.74) is 5.89. The van der Waals surface area contributed by atoms with E-state index in [1.807, 2.05) is 6.92 Å². The first-order chi connectivity index (χ1) is 15.0. The van der Waals surface area contributed by atoms with E-state index in [0.717, 1.165) is 0 Å². The summed E-state index contributed by atoms with van der Waals surface area (Å²) >= 11 is 0. The van der Waals surface area contributed by atoms with Crippen LogP contribution in [0.5, 0.6) is 5.75 Å². The molecule has 9 nitrogen and oxygen atoms in total. The van der Waals surface area contributed by atoms with Crippen molar-refractivity contribution in [2.75, 3.05) is 11.9 Å². The minimum absolute atomic E-state index is 0.185. The molecule has 0 aliphatic heterocycles. The van der Waals surface area contributed by atoms with Crippen LogP contribution in [0.3, 0.4) is 0 Å². The van der Waals surface area contributed by atoms with E-state index in [-0.39, 0.29) is 12.3 Å². The molecule has 3 amide bonds. The Hall–Kier alpha value is -4.14. The highest BCUT2D eigenvalue weighted by atomic mass is 16.5. The molecule has 0 saturated carbocycles. The van der Waals surface area contributed by atoms with Crippen LogP contribution in [-0.2, 0) is 11.3 Å². The number of amides is 3. The topological polar surface area (TPSA) is 114 Å². The Morgan fingerprint density at radius 2 is 1.74 bits per heavy atom. The number of carbonyl (C=O) groups is 3. The number of anilines is 1. The lowest BCUT2D eigenvalue weighted by molar-refractivity contribution is -0.116. The summed E-state index contributed by atoms with van der Waals surface area (Å²) in [5.74, 6) is -0.490. The lowest BCUT2D eigenvalue weighted by Crippen LogP contribution is -2.41. The summed E-state index contributed by atoms with van der Waals surface area (Å²) in [6.07, 6.45) is 5.33. The summed E-state index contributed by atoms with van der Waals surface area (Å²) < 4.78 is 7.14. The van der Waals surface area contributed by atoms with Crippen LogP contribution >= 0.6 is 0 Å². The standard InChI is InChI=1S/C22H23N5O4/c1-2-31-19-8-6-16(7-9-19)21(29)25-26-22(30)17-4-3-5-18(14-17)24-20(28)10-12-27-13-11-23-15-27/h3-9,11,13-15H,2,10,12H2,1H3,(H,24,28)(H,25,29)(H,26,30). The van der Waals surface area contributed by atoms with Crippen LogP contribution in [0.25, 0.3) is 0 Å². The molecule has 0 spiro atoms. The van der Waals surface area contributed by atoms with E-state index in [2.05, 4.69) is 21.2 Å². The van der Waals surface area contributed by atoms with Gasteiger partial charge < -0.3 is 14.6 Å². The molecule has 3 rings (SSSR count). The molecular weight excluding hydrogens is 398 g/mol. The molecule has 0 aliphatic rings. The fourth-order valence-electron chi connectivity index (χ4n) is 2.74. The molecule has 0 atom stereocenters. The van der Waals surface area contributed by atoms with Crippen LogP contribution in [0.4, 0.5) is 5.69 Å². The van der Waals surface area contributed by atoms with Gasteiger partial charge in [0.1, 0.15) is 5.75 Å². The Morgan fingerprint density at radius 1 is 1.00 bits per heavy atom. The smallest absolute Gasteiger partial charge is 0.269 e. The van der Waals surface area contributed by atoms with E-state index < -0.39 is 11.8 Å². The van der Waals surface area contributed by atoms with Crippen LogP contribution in [0.1, 0.15) is 34.1 Å². The zero-order valence-corrected chi connectivity index (χ0v) is 17.0. The van der Waals surface area contributed by atoms with Gasteiger partial charge in [0.05, 0.1) is 12.9 Å². The highest BCUT2D eigenvalue weighted by molar-refractivity contribution is 6.00. The first-order valence-electron chi connectivity index (χ1n) is 9.74. The molecule has 0 bridgehead atoms. The highest BCUT2D eigenvalue weighted by Gasteiger charge is 2.11. The van der Waals surface area contributed by atoms with Crippen molar-refractivity contribution in [3.05, 3.63) is 78.4 Å². The van der Waals surface area contributed by atoms with Gasteiger partial charge in [0.25, 0.3) is 11.8 Å².